The van der Waals surface area contributed by atoms with Crippen LogP contribution in [0.5, 0.6) is 0 Å². The summed E-state index contributed by atoms with van der Waals surface area (Å²) in [4.78, 5) is 25.3. The molecule has 1 saturated heterocycles. The molecule has 0 saturated carbocycles. The normalized spacial score (nSPS) is 19.0. The number of likely N-dealkylation sites (tertiary alicyclic amines) is 1. The first-order valence-corrected chi connectivity index (χ1v) is 10.7. The number of carbonyl (C=O) groups excluding carboxylic acids is 1. The zero-order valence-electron chi connectivity index (χ0n) is 17.3. The average molecular weight is 390 g/mol. The zero-order valence-corrected chi connectivity index (χ0v) is 17.3. The summed E-state index contributed by atoms with van der Waals surface area (Å²) in [5.41, 5.74) is 0.715. The number of aryl methyl sites for hydroxylation is 1. The van der Waals surface area contributed by atoms with Crippen LogP contribution in [0.1, 0.15) is 87.6 Å². The average Bonchev–Trinajstić information content (AvgIpc) is 3.05. The molecule has 5 nitrogen and oxygen atoms in total. The minimum atomic E-state index is -0.915. The number of amides is 1. The lowest BCUT2D eigenvalue weighted by atomic mass is 9.89. The minimum Gasteiger partial charge on any atom is -0.478 e. The molecule has 1 aliphatic heterocycles. The third-order valence-corrected chi connectivity index (χ3v) is 6.14. The molecule has 1 aliphatic rings. The Morgan fingerprint density at radius 3 is 2.50 bits per heavy atom. The second-order valence-corrected chi connectivity index (χ2v) is 8.11. The van der Waals surface area contributed by atoms with Gasteiger partial charge in [-0.2, -0.15) is 0 Å². The van der Waals surface area contributed by atoms with E-state index in [0.717, 1.165) is 56.9 Å². The highest BCUT2D eigenvalue weighted by Gasteiger charge is 2.33. The van der Waals surface area contributed by atoms with Gasteiger partial charge in [0.05, 0.1) is 11.2 Å². The van der Waals surface area contributed by atoms with Crippen molar-refractivity contribution in [2.24, 2.45) is 0 Å². The van der Waals surface area contributed by atoms with E-state index in [1.807, 2.05) is 24.0 Å². The van der Waals surface area contributed by atoms with E-state index in [4.69, 9.17) is 5.11 Å². The lowest BCUT2D eigenvalue weighted by molar-refractivity contribution is -0.129. The van der Waals surface area contributed by atoms with Crippen LogP contribution in [0, 0.1) is 0 Å². The second kappa shape index (κ2) is 10.6. The smallest absolute Gasteiger partial charge is 0.335 e. The lowest BCUT2D eigenvalue weighted by Crippen LogP contribution is -2.39. The number of rotatable bonds is 12. The summed E-state index contributed by atoms with van der Waals surface area (Å²) in [6.45, 7) is 4.81. The van der Waals surface area contributed by atoms with Gasteiger partial charge in [0.25, 0.3) is 0 Å². The number of carboxylic acid groups (broad SMARTS) is 1. The van der Waals surface area contributed by atoms with Crippen LogP contribution in [-0.4, -0.2) is 45.2 Å². The van der Waals surface area contributed by atoms with E-state index in [1.165, 1.54) is 0 Å². The second-order valence-electron chi connectivity index (χ2n) is 8.11. The van der Waals surface area contributed by atoms with E-state index in [2.05, 4.69) is 6.92 Å². The number of aromatic carboxylic acids is 1. The van der Waals surface area contributed by atoms with Crippen LogP contribution < -0.4 is 0 Å². The number of unbranched alkanes of at least 4 members (excludes halogenated alkanes) is 2. The van der Waals surface area contributed by atoms with Crippen molar-refractivity contribution in [1.82, 2.24) is 4.90 Å². The van der Waals surface area contributed by atoms with Crippen molar-refractivity contribution in [2.45, 2.75) is 89.7 Å². The molecule has 5 heteroatoms. The van der Waals surface area contributed by atoms with Crippen LogP contribution in [0.2, 0.25) is 0 Å². The first-order valence-electron chi connectivity index (χ1n) is 10.7. The maximum atomic E-state index is 12.4. The number of aliphatic hydroxyl groups is 1. The Bertz CT molecular complexity index is 643. The van der Waals surface area contributed by atoms with Crippen molar-refractivity contribution < 1.29 is 19.8 Å². The van der Waals surface area contributed by atoms with Crippen molar-refractivity contribution in [3.05, 3.63) is 35.4 Å². The molecule has 1 aromatic carbocycles. The molecular weight excluding hydrogens is 354 g/mol. The third kappa shape index (κ3) is 6.33. The molecular formula is C23H35NO4. The molecule has 0 spiro atoms. The van der Waals surface area contributed by atoms with E-state index in [0.29, 0.717) is 24.9 Å². The minimum absolute atomic E-state index is 0.193. The molecule has 0 aliphatic carbocycles. The van der Waals surface area contributed by atoms with Gasteiger partial charge >= 0.3 is 5.97 Å². The molecule has 1 amide bonds. The summed E-state index contributed by atoms with van der Waals surface area (Å²) < 4.78 is 0. The van der Waals surface area contributed by atoms with E-state index < -0.39 is 11.6 Å². The van der Waals surface area contributed by atoms with Crippen LogP contribution >= 0.6 is 0 Å². The van der Waals surface area contributed by atoms with Crippen molar-refractivity contribution in [2.75, 3.05) is 6.54 Å². The summed E-state index contributed by atoms with van der Waals surface area (Å²) in [5.74, 6) is -0.723. The van der Waals surface area contributed by atoms with Crippen LogP contribution in [-0.2, 0) is 11.2 Å². The van der Waals surface area contributed by atoms with Crippen LogP contribution in [0.3, 0.4) is 0 Å². The Balaban J connectivity index is 1.88. The van der Waals surface area contributed by atoms with Gasteiger partial charge in [0, 0.05) is 19.0 Å². The van der Waals surface area contributed by atoms with Gasteiger partial charge in [-0.25, -0.2) is 4.79 Å². The highest BCUT2D eigenvalue weighted by Crippen LogP contribution is 2.28. The molecule has 2 atom stereocenters. The van der Waals surface area contributed by atoms with Gasteiger partial charge in [-0.05, 0) is 56.2 Å². The fourth-order valence-electron chi connectivity index (χ4n) is 4.06. The van der Waals surface area contributed by atoms with Crippen molar-refractivity contribution in [1.29, 1.82) is 0 Å². The van der Waals surface area contributed by atoms with Gasteiger partial charge in [0.15, 0.2) is 0 Å². The van der Waals surface area contributed by atoms with E-state index in [1.54, 1.807) is 12.1 Å². The summed E-state index contributed by atoms with van der Waals surface area (Å²) in [6.07, 6.45) is 8.62. The fourth-order valence-corrected chi connectivity index (χ4v) is 4.06. The van der Waals surface area contributed by atoms with E-state index >= 15 is 0 Å². The maximum absolute atomic E-state index is 12.4. The van der Waals surface area contributed by atoms with Gasteiger partial charge in [-0.1, -0.05) is 45.2 Å². The Morgan fingerprint density at radius 1 is 1.18 bits per heavy atom. The monoisotopic (exact) mass is 389 g/mol. The Labute approximate surface area is 168 Å². The molecule has 0 bridgehead atoms. The van der Waals surface area contributed by atoms with Crippen LogP contribution in [0.25, 0.3) is 0 Å². The highest BCUT2D eigenvalue weighted by atomic mass is 16.4. The topological polar surface area (TPSA) is 77.8 Å². The highest BCUT2D eigenvalue weighted by molar-refractivity contribution is 5.87. The zero-order chi connectivity index (χ0) is 20.6. The van der Waals surface area contributed by atoms with E-state index in [9.17, 15) is 14.7 Å². The molecule has 1 fully saturated rings. The summed E-state index contributed by atoms with van der Waals surface area (Å²) in [6, 6.07) is 7.19. The predicted octanol–water partition coefficient (Wildman–Crippen LogP) is 4.42. The van der Waals surface area contributed by atoms with Crippen molar-refractivity contribution in [3.8, 4) is 0 Å². The van der Waals surface area contributed by atoms with Gasteiger partial charge in [0.1, 0.15) is 0 Å². The molecule has 2 N–H and O–H groups in total. The first-order chi connectivity index (χ1) is 13.4. The molecule has 1 unspecified atom stereocenters. The van der Waals surface area contributed by atoms with Crippen molar-refractivity contribution in [3.63, 3.8) is 0 Å². The Hall–Kier alpha value is -1.88. The lowest BCUT2D eigenvalue weighted by Gasteiger charge is -2.32. The van der Waals surface area contributed by atoms with Crippen LogP contribution in [0.15, 0.2) is 24.3 Å². The molecule has 1 aromatic rings. The van der Waals surface area contributed by atoms with Crippen molar-refractivity contribution >= 4 is 11.9 Å². The fraction of sp³-hybridized carbons (Fsp3) is 0.652. The molecule has 1 heterocycles. The summed E-state index contributed by atoms with van der Waals surface area (Å²) >= 11 is 0. The third-order valence-electron chi connectivity index (χ3n) is 6.14. The van der Waals surface area contributed by atoms with Gasteiger partial charge < -0.3 is 15.1 Å². The molecule has 28 heavy (non-hydrogen) atoms. The standard InChI is InChI=1S/C23H35NO4/c1-3-5-6-15-23(28,4-2)16-17-24-20(13-14-21(24)25)12-9-18-7-10-19(11-8-18)22(26)27/h7-8,10-11,20,28H,3-6,9,12-17H2,1-2H3,(H,26,27)/t20?,23-/m0/s1. The predicted molar refractivity (Wildman–Crippen MR) is 110 cm³/mol. The van der Waals surface area contributed by atoms with Gasteiger partial charge in [-0.3, -0.25) is 4.79 Å². The largest absolute Gasteiger partial charge is 0.478 e. The first kappa shape index (κ1) is 22.4. The number of hydrogen-bond acceptors (Lipinski definition) is 3. The van der Waals surface area contributed by atoms with E-state index in [-0.39, 0.29) is 11.9 Å². The SMILES string of the molecule is CCCCC[C@@](O)(CC)CCN1C(=O)CCC1CCc1ccc(C(=O)O)cc1. The Morgan fingerprint density at radius 2 is 1.89 bits per heavy atom. The Kier molecular flexibility index (Phi) is 8.49. The van der Waals surface area contributed by atoms with Gasteiger partial charge in [-0.15, -0.1) is 0 Å². The number of carbonyl (C=O) groups is 2. The number of benzene rings is 1. The molecule has 0 aromatic heterocycles. The van der Waals surface area contributed by atoms with Crippen LogP contribution in [0.4, 0.5) is 0 Å². The number of carboxylic acids is 1. The summed E-state index contributed by atoms with van der Waals surface area (Å²) in [7, 11) is 0. The molecule has 156 valence electrons. The summed E-state index contributed by atoms with van der Waals surface area (Å²) in [5, 5.41) is 19.9. The van der Waals surface area contributed by atoms with Gasteiger partial charge in [0.2, 0.25) is 5.91 Å². The quantitative estimate of drug-likeness (QED) is 0.519. The molecule has 0 radical (unpaired) electrons. The number of nitrogens with zero attached hydrogens (tertiary/aromatic N) is 1. The maximum Gasteiger partial charge on any atom is 0.335 e. The molecule has 2 rings (SSSR count). The number of hydrogen-bond donors (Lipinski definition) is 2.